The summed E-state index contributed by atoms with van der Waals surface area (Å²) in [5, 5.41) is 2.75. The van der Waals surface area contributed by atoms with Gasteiger partial charge in [-0.1, -0.05) is 12.1 Å². The fourth-order valence-electron chi connectivity index (χ4n) is 1.71. The molecule has 0 aliphatic carbocycles. The molecule has 2 rings (SSSR count). The highest BCUT2D eigenvalue weighted by atomic mass is 19.1. The summed E-state index contributed by atoms with van der Waals surface area (Å²) < 4.78 is 18.0. The number of pyridine rings is 1. The Kier molecular flexibility index (Phi) is 4.65. The zero-order chi connectivity index (χ0) is 14.4. The molecular formula is C15H15FN2O2. The lowest BCUT2D eigenvalue weighted by Gasteiger charge is -2.07. The van der Waals surface area contributed by atoms with Crippen molar-refractivity contribution in [2.75, 3.05) is 6.61 Å². The first-order valence-electron chi connectivity index (χ1n) is 6.30. The lowest BCUT2D eigenvalue weighted by molar-refractivity contribution is 0.0950. The number of aromatic nitrogens is 1. The SMILES string of the molecule is CCOc1cccc(CNC(=O)c2ccc(F)nc2)c1. The van der Waals surface area contributed by atoms with E-state index in [9.17, 15) is 9.18 Å². The summed E-state index contributed by atoms with van der Waals surface area (Å²) in [7, 11) is 0. The molecule has 20 heavy (non-hydrogen) atoms. The number of benzene rings is 1. The first kappa shape index (κ1) is 14.0. The summed E-state index contributed by atoms with van der Waals surface area (Å²) in [5.41, 5.74) is 1.26. The van der Waals surface area contributed by atoms with E-state index in [4.69, 9.17) is 4.74 Å². The van der Waals surface area contributed by atoms with Crippen LogP contribution in [-0.2, 0) is 6.54 Å². The van der Waals surface area contributed by atoms with Gasteiger partial charge in [0.2, 0.25) is 5.95 Å². The lowest BCUT2D eigenvalue weighted by Crippen LogP contribution is -2.22. The molecular weight excluding hydrogens is 259 g/mol. The van der Waals surface area contributed by atoms with Crippen LogP contribution in [0.5, 0.6) is 5.75 Å². The van der Waals surface area contributed by atoms with Crippen LogP contribution in [-0.4, -0.2) is 17.5 Å². The Bertz CT molecular complexity index is 585. The van der Waals surface area contributed by atoms with Crippen molar-refractivity contribution in [2.45, 2.75) is 13.5 Å². The summed E-state index contributed by atoms with van der Waals surface area (Å²) in [5.74, 6) is -0.132. The van der Waals surface area contributed by atoms with Gasteiger partial charge in [0.05, 0.1) is 12.2 Å². The van der Waals surface area contributed by atoms with Gasteiger partial charge >= 0.3 is 0 Å². The van der Waals surface area contributed by atoms with Gasteiger partial charge in [0.15, 0.2) is 0 Å². The standard InChI is InChI=1S/C15H15FN2O2/c1-2-20-13-5-3-4-11(8-13)9-18-15(19)12-6-7-14(16)17-10-12/h3-8,10H,2,9H2,1H3,(H,18,19). The van der Waals surface area contributed by atoms with Crippen molar-refractivity contribution >= 4 is 5.91 Å². The molecule has 4 nitrogen and oxygen atoms in total. The maximum absolute atomic E-state index is 12.7. The third-order valence-corrected chi connectivity index (χ3v) is 2.65. The van der Waals surface area contributed by atoms with Gasteiger partial charge in [0.25, 0.3) is 5.91 Å². The minimum Gasteiger partial charge on any atom is -0.494 e. The Morgan fingerprint density at radius 3 is 2.90 bits per heavy atom. The Hall–Kier alpha value is -2.43. The monoisotopic (exact) mass is 274 g/mol. The van der Waals surface area contributed by atoms with Crippen LogP contribution in [0.4, 0.5) is 4.39 Å². The van der Waals surface area contributed by atoms with E-state index in [1.54, 1.807) is 0 Å². The number of hydrogen-bond acceptors (Lipinski definition) is 3. The first-order chi connectivity index (χ1) is 9.69. The number of carbonyl (C=O) groups excluding carboxylic acids is 1. The zero-order valence-corrected chi connectivity index (χ0v) is 11.1. The van der Waals surface area contributed by atoms with Gasteiger partial charge in [-0.3, -0.25) is 4.79 Å². The van der Waals surface area contributed by atoms with Gasteiger partial charge in [0, 0.05) is 12.7 Å². The van der Waals surface area contributed by atoms with Crippen molar-refractivity contribution in [1.29, 1.82) is 0 Å². The highest BCUT2D eigenvalue weighted by molar-refractivity contribution is 5.93. The van der Waals surface area contributed by atoms with Gasteiger partial charge in [-0.15, -0.1) is 0 Å². The van der Waals surface area contributed by atoms with Gasteiger partial charge in [-0.25, -0.2) is 4.98 Å². The Balaban J connectivity index is 1.96. The van der Waals surface area contributed by atoms with E-state index < -0.39 is 5.95 Å². The highest BCUT2D eigenvalue weighted by Gasteiger charge is 2.06. The summed E-state index contributed by atoms with van der Waals surface area (Å²) in [6, 6.07) is 10.0. The topological polar surface area (TPSA) is 51.2 Å². The van der Waals surface area contributed by atoms with Crippen molar-refractivity contribution in [3.63, 3.8) is 0 Å². The average Bonchev–Trinajstić information content (AvgIpc) is 2.46. The number of hydrogen-bond donors (Lipinski definition) is 1. The number of halogens is 1. The van der Waals surface area contributed by atoms with Crippen LogP contribution in [0.15, 0.2) is 42.6 Å². The second kappa shape index (κ2) is 6.65. The molecule has 0 bridgehead atoms. The molecule has 1 heterocycles. The number of nitrogens with one attached hydrogen (secondary N) is 1. The molecule has 0 fully saturated rings. The number of rotatable bonds is 5. The van der Waals surface area contributed by atoms with Crippen molar-refractivity contribution in [3.8, 4) is 5.75 Å². The predicted molar refractivity (Wildman–Crippen MR) is 73.0 cm³/mol. The maximum Gasteiger partial charge on any atom is 0.253 e. The molecule has 0 aliphatic rings. The number of carbonyl (C=O) groups is 1. The van der Waals surface area contributed by atoms with E-state index in [0.29, 0.717) is 18.7 Å². The second-order valence-corrected chi connectivity index (χ2v) is 4.13. The molecule has 1 aromatic heterocycles. The molecule has 0 saturated carbocycles. The minimum absolute atomic E-state index is 0.292. The van der Waals surface area contributed by atoms with Gasteiger partial charge in [0.1, 0.15) is 5.75 Å². The largest absolute Gasteiger partial charge is 0.494 e. The molecule has 104 valence electrons. The summed E-state index contributed by atoms with van der Waals surface area (Å²) in [4.78, 5) is 15.3. The minimum atomic E-state index is -0.606. The fraction of sp³-hybridized carbons (Fsp3) is 0.200. The smallest absolute Gasteiger partial charge is 0.253 e. The quantitative estimate of drug-likeness (QED) is 0.852. The Labute approximate surface area is 116 Å². The van der Waals surface area contributed by atoms with E-state index in [1.165, 1.54) is 12.3 Å². The lowest BCUT2D eigenvalue weighted by atomic mass is 10.2. The Morgan fingerprint density at radius 1 is 1.35 bits per heavy atom. The molecule has 1 aromatic carbocycles. The predicted octanol–water partition coefficient (Wildman–Crippen LogP) is 2.55. The van der Waals surface area contributed by atoms with Gasteiger partial charge in [-0.2, -0.15) is 4.39 Å². The molecule has 0 unspecified atom stereocenters. The van der Waals surface area contributed by atoms with E-state index in [-0.39, 0.29) is 5.91 Å². The highest BCUT2D eigenvalue weighted by Crippen LogP contribution is 2.13. The Morgan fingerprint density at radius 2 is 2.20 bits per heavy atom. The molecule has 0 aliphatic heterocycles. The second-order valence-electron chi connectivity index (χ2n) is 4.13. The summed E-state index contributed by atoms with van der Waals surface area (Å²) in [6.45, 7) is 2.88. The first-order valence-corrected chi connectivity index (χ1v) is 6.30. The van der Waals surface area contributed by atoms with Crippen molar-refractivity contribution in [3.05, 3.63) is 59.7 Å². The molecule has 5 heteroatoms. The van der Waals surface area contributed by atoms with E-state index in [0.717, 1.165) is 17.4 Å². The van der Waals surface area contributed by atoms with Crippen molar-refractivity contribution in [2.24, 2.45) is 0 Å². The van der Waals surface area contributed by atoms with Crippen LogP contribution < -0.4 is 10.1 Å². The number of ether oxygens (including phenoxy) is 1. The molecule has 0 saturated heterocycles. The summed E-state index contributed by atoms with van der Waals surface area (Å²) in [6.07, 6.45) is 1.21. The van der Waals surface area contributed by atoms with E-state index >= 15 is 0 Å². The van der Waals surface area contributed by atoms with Gasteiger partial charge < -0.3 is 10.1 Å². The van der Waals surface area contributed by atoms with Crippen LogP contribution in [0.2, 0.25) is 0 Å². The zero-order valence-electron chi connectivity index (χ0n) is 11.1. The third kappa shape index (κ3) is 3.78. The molecule has 2 aromatic rings. The molecule has 1 N–H and O–H groups in total. The fourth-order valence-corrected chi connectivity index (χ4v) is 1.71. The van der Waals surface area contributed by atoms with Crippen LogP contribution in [0.25, 0.3) is 0 Å². The maximum atomic E-state index is 12.7. The van der Waals surface area contributed by atoms with Crippen molar-refractivity contribution in [1.82, 2.24) is 10.3 Å². The van der Waals surface area contributed by atoms with Gasteiger partial charge in [-0.05, 0) is 36.8 Å². The average molecular weight is 274 g/mol. The molecule has 0 radical (unpaired) electrons. The van der Waals surface area contributed by atoms with Crippen LogP contribution in [0, 0.1) is 5.95 Å². The molecule has 0 spiro atoms. The normalized spacial score (nSPS) is 10.1. The molecule has 0 atom stereocenters. The van der Waals surface area contributed by atoms with Crippen LogP contribution >= 0.6 is 0 Å². The summed E-state index contributed by atoms with van der Waals surface area (Å²) >= 11 is 0. The third-order valence-electron chi connectivity index (χ3n) is 2.65. The van der Waals surface area contributed by atoms with E-state index in [2.05, 4.69) is 10.3 Å². The number of amides is 1. The van der Waals surface area contributed by atoms with Crippen LogP contribution in [0.3, 0.4) is 0 Å². The van der Waals surface area contributed by atoms with Crippen LogP contribution in [0.1, 0.15) is 22.8 Å². The van der Waals surface area contributed by atoms with E-state index in [1.807, 2.05) is 31.2 Å². The molecule has 1 amide bonds. The number of nitrogens with zero attached hydrogens (tertiary/aromatic N) is 1. The van der Waals surface area contributed by atoms with Crippen molar-refractivity contribution < 1.29 is 13.9 Å².